The Labute approximate surface area is 112 Å². The van der Waals surface area contributed by atoms with E-state index in [-0.39, 0.29) is 17.4 Å². The summed E-state index contributed by atoms with van der Waals surface area (Å²) in [5.41, 5.74) is 0.770. The minimum atomic E-state index is -0.0139. The highest BCUT2D eigenvalue weighted by atomic mass is 79.9. The van der Waals surface area contributed by atoms with Gasteiger partial charge in [0.05, 0.1) is 0 Å². The molecule has 0 bridgehead atoms. The molecular weight excluding hydrogens is 280 g/mol. The van der Waals surface area contributed by atoms with E-state index in [0.29, 0.717) is 5.69 Å². The summed E-state index contributed by atoms with van der Waals surface area (Å²) in [7, 11) is 0. The zero-order chi connectivity index (χ0) is 13.2. The lowest BCUT2D eigenvalue weighted by molar-refractivity contribution is 0.0901. The highest BCUT2D eigenvalue weighted by Gasteiger charge is 2.23. The number of hydrogen-bond donors (Lipinski definition) is 1. The van der Waals surface area contributed by atoms with Crippen molar-refractivity contribution in [2.75, 3.05) is 0 Å². The Hall–Kier alpha value is -0.770. The second-order valence-electron chi connectivity index (χ2n) is 5.39. The van der Waals surface area contributed by atoms with Gasteiger partial charge in [-0.25, -0.2) is 0 Å². The first kappa shape index (κ1) is 14.3. The van der Waals surface area contributed by atoms with E-state index in [1.54, 1.807) is 0 Å². The lowest BCUT2D eigenvalue weighted by Crippen LogP contribution is -2.42. The van der Waals surface area contributed by atoms with Crippen LogP contribution in [0.1, 0.15) is 45.1 Å². The predicted octanol–water partition coefficient (Wildman–Crippen LogP) is 3.43. The summed E-state index contributed by atoms with van der Waals surface area (Å²) >= 11 is 3.40. The highest BCUT2D eigenvalue weighted by molar-refractivity contribution is 9.10. The van der Waals surface area contributed by atoms with Crippen molar-refractivity contribution in [2.45, 2.75) is 47.2 Å². The van der Waals surface area contributed by atoms with Gasteiger partial charge in [0.2, 0.25) is 0 Å². The van der Waals surface area contributed by atoms with Crippen LogP contribution in [0.2, 0.25) is 0 Å². The van der Waals surface area contributed by atoms with Gasteiger partial charge in [-0.2, -0.15) is 0 Å². The van der Waals surface area contributed by atoms with E-state index in [1.165, 1.54) is 0 Å². The summed E-state index contributed by atoms with van der Waals surface area (Å²) in [6.45, 7) is 11.2. The first-order chi connectivity index (χ1) is 7.75. The van der Waals surface area contributed by atoms with Crippen LogP contribution in [0.25, 0.3) is 0 Å². The standard InChI is InChI=1S/C13H21BrN2O/c1-6-16-8-10(14)7-11(16)12(17)15-9(2)13(3,4)5/h7-9H,6H2,1-5H3,(H,15,17). The maximum Gasteiger partial charge on any atom is 0.268 e. The molecule has 1 aromatic heterocycles. The molecule has 0 aliphatic carbocycles. The zero-order valence-corrected chi connectivity index (χ0v) is 12.8. The number of aryl methyl sites for hydroxylation is 1. The van der Waals surface area contributed by atoms with Gasteiger partial charge in [0.1, 0.15) is 5.69 Å². The van der Waals surface area contributed by atoms with E-state index >= 15 is 0 Å². The van der Waals surface area contributed by atoms with Crippen LogP contribution in [0.4, 0.5) is 0 Å². The third-order valence-electron chi connectivity index (χ3n) is 3.08. The van der Waals surface area contributed by atoms with E-state index in [4.69, 9.17) is 0 Å². The van der Waals surface area contributed by atoms with Gasteiger partial charge in [0.25, 0.3) is 5.91 Å². The minimum Gasteiger partial charge on any atom is -0.348 e. The molecule has 1 heterocycles. The van der Waals surface area contributed by atoms with Crippen molar-refractivity contribution in [3.05, 3.63) is 22.4 Å². The molecule has 0 saturated heterocycles. The number of rotatable bonds is 3. The topological polar surface area (TPSA) is 34.0 Å². The van der Waals surface area contributed by atoms with Crippen LogP contribution >= 0.6 is 15.9 Å². The molecule has 1 N–H and O–H groups in total. The SMILES string of the molecule is CCn1cc(Br)cc1C(=O)NC(C)C(C)(C)C. The number of carbonyl (C=O) groups excluding carboxylic acids is 1. The predicted molar refractivity (Wildman–Crippen MR) is 74.2 cm³/mol. The van der Waals surface area contributed by atoms with Crippen molar-refractivity contribution in [3.8, 4) is 0 Å². The fourth-order valence-electron chi connectivity index (χ4n) is 1.41. The Morgan fingerprint density at radius 3 is 2.59 bits per heavy atom. The smallest absolute Gasteiger partial charge is 0.268 e. The van der Waals surface area contributed by atoms with E-state index in [2.05, 4.69) is 42.0 Å². The third-order valence-corrected chi connectivity index (χ3v) is 3.52. The molecule has 1 aromatic rings. The van der Waals surface area contributed by atoms with Crippen molar-refractivity contribution in [1.29, 1.82) is 0 Å². The largest absolute Gasteiger partial charge is 0.348 e. The quantitative estimate of drug-likeness (QED) is 0.912. The summed E-state index contributed by atoms with van der Waals surface area (Å²) in [4.78, 5) is 12.1. The zero-order valence-electron chi connectivity index (χ0n) is 11.2. The van der Waals surface area contributed by atoms with Gasteiger partial charge in [0.15, 0.2) is 0 Å². The molecule has 1 rings (SSSR count). The monoisotopic (exact) mass is 300 g/mol. The molecule has 0 saturated carbocycles. The fourth-order valence-corrected chi connectivity index (χ4v) is 1.88. The van der Waals surface area contributed by atoms with Crippen molar-refractivity contribution < 1.29 is 4.79 Å². The molecule has 0 fully saturated rings. The van der Waals surface area contributed by atoms with Crippen molar-refractivity contribution in [2.24, 2.45) is 5.41 Å². The molecule has 4 heteroatoms. The van der Waals surface area contributed by atoms with Gasteiger partial charge in [0, 0.05) is 23.3 Å². The summed E-state index contributed by atoms with van der Waals surface area (Å²) in [5, 5.41) is 3.04. The van der Waals surface area contributed by atoms with Gasteiger partial charge in [-0.05, 0) is 41.3 Å². The third kappa shape index (κ3) is 3.60. The Morgan fingerprint density at radius 1 is 1.53 bits per heavy atom. The number of hydrogen-bond acceptors (Lipinski definition) is 1. The van der Waals surface area contributed by atoms with Crippen LogP contribution in [-0.2, 0) is 6.54 Å². The molecule has 0 aromatic carbocycles. The minimum absolute atomic E-state index is 0.0139. The second kappa shape index (κ2) is 5.25. The maximum atomic E-state index is 12.1. The van der Waals surface area contributed by atoms with Crippen LogP contribution in [-0.4, -0.2) is 16.5 Å². The van der Waals surface area contributed by atoms with Crippen molar-refractivity contribution >= 4 is 21.8 Å². The molecule has 1 atom stereocenters. The number of nitrogens with zero attached hydrogens (tertiary/aromatic N) is 1. The molecular formula is C13H21BrN2O. The Morgan fingerprint density at radius 2 is 2.12 bits per heavy atom. The second-order valence-corrected chi connectivity index (χ2v) is 6.31. The van der Waals surface area contributed by atoms with Crippen LogP contribution < -0.4 is 5.32 Å². The van der Waals surface area contributed by atoms with E-state index < -0.39 is 0 Å². The van der Waals surface area contributed by atoms with Crippen LogP contribution in [0.5, 0.6) is 0 Å². The Balaban J connectivity index is 2.83. The maximum absolute atomic E-state index is 12.1. The van der Waals surface area contributed by atoms with E-state index in [9.17, 15) is 4.79 Å². The van der Waals surface area contributed by atoms with Crippen LogP contribution in [0, 0.1) is 5.41 Å². The van der Waals surface area contributed by atoms with Crippen LogP contribution in [0.15, 0.2) is 16.7 Å². The first-order valence-corrected chi connectivity index (χ1v) is 6.71. The Bertz CT molecular complexity index is 404. The molecule has 3 nitrogen and oxygen atoms in total. The molecule has 0 radical (unpaired) electrons. The van der Waals surface area contributed by atoms with Crippen molar-refractivity contribution in [1.82, 2.24) is 9.88 Å². The van der Waals surface area contributed by atoms with Gasteiger partial charge in [-0.3, -0.25) is 4.79 Å². The molecule has 0 aliphatic heterocycles. The number of aromatic nitrogens is 1. The molecule has 96 valence electrons. The number of halogens is 1. The molecule has 1 amide bonds. The Kier molecular flexibility index (Phi) is 4.42. The molecule has 17 heavy (non-hydrogen) atoms. The molecule has 1 unspecified atom stereocenters. The normalized spacial score (nSPS) is 13.5. The molecule has 0 aliphatic rings. The fraction of sp³-hybridized carbons (Fsp3) is 0.615. The average Bonchev–Trinajstić information content (AvgIpc) is 2.58. The van der Waals surface area contributed by atoms with Crippen LogP contribution in [0.3, 0.4) is 0 Å². The van der Waals surface area contributed by atoms with E-state index in [1.807, 2.05) is 30.7 Å². The van der Waals surface area contributed by atoms with Gasteiger partial charge in [-0.1, -0.05) is 20.8 Å². The summed E-state index contributed by atoms with van der Waals surface area (Å²) in [5.74, 6) is -0.0139. The highest BCUT2D eigenvalue weighted by Crippen LogP contribution is 2.20. The van der Waals surface area contributed by atoms with Gasteiger partial charge >= 0.3 is 0 Å². The number of carbonyl (C=O) groups is 1. The number of amides is 1. The molecule has 0 spiro atoms. The lowest BCUT2D eigenvalue weighted by atomic mass is 9.88. The summed E-state index contributed by atoms with van der Waals surface area (Å²) < 4.78 is 2.88. The van der Waals surface area contributed by atoms with Gasteiger partial charge < -0.3 is 9.88 Å². The summed E-state index contributed by atoms with van der Waals surface area (Å²) in [6, 6.07) is 1.99. The number of nitrogens with one attached hydrogen (secondary N) is 1. The van der Waals surface area contributed by atoms with Crippen molar-refractivity contribution in [3.63, 3.8) is 0 Å². The lowest BCUT2D eigenvalue weighted by Gasteiger charge is -2.28. The summed E-state index contributed by atoms with van der Waals surface area (Å²) in [6.07, 6.45) is 1.93. The first-order valence-electron chi connectivity index (χ1n) is 5.92. The van der Waals surface area contributed by atoms with E-state index in [0.717, 1.165) is 11.0 Å². The average molecular weight is 301 g/mol. The van der Waals surface area contributed by atoms with Gasteiger partial charge in [-0.15, -0.1) is 0 Å².